The zero-order valence-electron chi connectivity index (χ0n) is 35.5. The summed E-state index contributed by atoms with van der Waals surface area (Å²) < 4.78 is 0. The summed E-state index contributed by atoms with van der Waals surface area (Å²) in [6, 6.07) is 78.0. The molecule has 0 aliphatic rings. The van der Waals surface area contributed by atoms with Crippen LogP contribution in [0.15, 0.2) is 224 Å². The fourth-order valence-electron chi connectivity index (χ4n) is 8.19. The van der Waals surface area contributed by atoms with Gasteiger partial charge in [-0.05, 0) is 80.6 Å². The average Bonchev–Trinajstić information content (AvgIpc) is 3.41. The van der Waals surface area contributed by atoms with Gasteiger partial charge in [-0.1, -0.05) is 188 Å². The van der Waals surface area contributed by atoms with Crippen molar-refractivity contribution in [2.24, 2.45) is 0 Å². The number of hydrogen-bond donors (Lipinski definition) is 0. The first kappa shape index (κ1) is 39.6. The van der Waals surface area contributed by atoms with Gasteiger partial charge < -0.3 is 0 Å². The highest BCUT2D eigenvalue weighted by atomic mass is 15.0. The lowest BCUT2D eigenvalue weighted by atomic mass is 9.89. The summed E-state index contributed by atoms with van der Waals surface area (Å²) in [4.78, 5) is 29.7. The first-order valence-corrected chi connectivity index (χ1v) is 21.7. The third-order valence-electron chi connectivity index (χ3n) is 11.6. The van der Waals surface area contributed by atoms with Crippen LogP contribution in [0.1, 0.15) is 5.56 Å². The molecule has 11 aromatic rings. The molecule has 2 heterocycles. The fourth-order valence-corrected chi connectivity index (χ4v) is 8.19. The van der Waals surface area contributed by atoms with E-state index in [-0.39, 0.29) is 0 Å². The van der Waals surface area contributed by atoms with Crippen LogP contribution in [-0.2, 0) is 0 Å². The lowest BCUT2D eigenvalue weighted by Gasteiger charge is -2.15. The van der Waals surface area contributed by atoms with Crippen LogP contribution < -0.4 is 0 Å². The highest BCUT2D eigenvalue weighted by molar-refractivity contribution is 5.98. The van der Waals surface area contributed by atoms with Gasteiger partial charge in [-0.25, -0.2) is 29.9 Å². The van der Waals surface area contributed by atoms with E-state index >= 15 is 0 Å². The Balaban J connectivity index is 0.994. The molecule has 0 aliphatic heterocycles. The molecule has 308 valence electrons. The summed E-state index contributed by atoms with van der Waals surface area (Å²) >= 11 is 0. The van der Waals surface area contributed by atoms with E-state index in [1.165, 1.54) is 0 Å². The summed E-state index contributed by atoms with van der Waals surface area (Å²) in [5.41, 5.74) is 12.4. The summed E-state index contributed by atoms with van der Waals surface area (Å²) in [5, 5.41) is 11.8. The molecule has 0 spiro atoms. The van der Waals surface area contributed by atoms with Crippen LogP contribution in [0.25, 0.3) is 112 Å². The average molecular weight is 844 g/mol. The predicted octanol–water partition coefficient (Wildman–Crippen LogP) is 14.1. The monoisotopic (exact) mass is 843 g/mol. The van der Waals surface area contributed by atoms with Gasteiger partial charge in [0.1, 0.15) is 0 Å². The molecule has 0 bridgehead atoms. The van der Waals surface area contributed by atoms with Crippen LogP contribution in [0, 0.1) is 11.3 Å². The molecule has 11 rings (SSSR count). The van der Waals surface area contributed by atoms with Crippen molar-refractivity contribution in [3.63, 3.8) is 0 Å². The molecule has 66 heavy (non-hydrogen) atoms. The lowest BCUT2D eigenvalue weighted by molar-refractivity contribution is 1.07. The maximum atomic E-state index is 9.60. The number of rotatable bonds is 9. The van der Waals surface area contributed by atoms with E-state index in [0.29, 0.717) is 40.5 Å². The highest BCUT2D eigenvalue weighted by Crippen LogP contribution is 2.39. The molecule has 0 unspecified atom stereocenters. The summed E-state index contributed by atoms with van der Waals surface area (Å²) in [5.74, 6) is 3.67. The quantitative estimate of drug-likeness (QED) is 0.143. The van der Waals surface area contributed by atoms with Gasteiger partial charge in [0.25, 0.3) is 0 Å². The number of hydrogen-bond acceptors (Lipinski definition) is 7. The summed E-state index contributed by atoms with van der Waals surface area (Å²) in [6.07, 6.45) is 0. The Bertz CT molecular complexity index is 3440. The van der Waals surface area contributed by atoms with Crippen molar-refractivity contribution in [2.45, 2.75) is 0 Å². The third kappa shape index (κ3) is 8.10. The van der Waals surface area contributed by atoms with Crippen LogP contribution in [0.2, 0.25) is 0 Å². The molecule has 7 heteroatoms. The van der Waals surface area contributed by atoms with Gasteiger partial charge in [-0.3, -0.25) is 0 Å². The summed E-state index contributed by atoms with van der Waals surface area (Å²) in [6.45, 7) is 0. The first-order chi connectivity index (χ1) is 32.6. The molecule has 0 radical (unpaired) electrons. The Labute approximate surface area is 382 Å². The van der Waals surface area contributed by atoms with Gasteiger partial charge in [0.2, 0.25) is 0 Å². The fraction of sp³-hybridized carbons (Fsp3) is 0. The molecule has 0 saturated carbocycles. The van der Waals surface area contributed by atoms with E-state index in [0.717, 1.165) is 77.5 Å². The minimum atomic E-state index is 0.594. The number of fused-ring (bicyclic) bond motifs is 1. The van der Waals surface area contributed by atoms with Crippen LogP contribution in [0.4, 0.5) is 0 Å². The number of nitrogens with zero attached hydrogens (tertiary/aromatic N) is 7. The minimum Gasteiger partial charge on any atom is -0.208 e. The second kappa shape index (κ2) is 17.5. The van der Waals surface area contributed by atoms with Gasteiger partial charge in [0.05, 0.1) is 11.6 Å². The van der Waals surface area contributed by atoms with Crippen LogP contribution in [0.3, 0.4) is 0 Å². The topological polar surface area (TPSA) is 101 Å². The van der Waals surface area contributed by atoms with Crippen molar-refractivity contribution in [2.75, 3.05) is 0 Å². The van der Waals surface area contributed by atoms with E-state index in [1.54, 1.807) is 0 Å². The number of nitriles is 1. The normalized spacial score (nSPS) is 11.0. The zero-order chi connectivity index (χ0) is 44.2. The molecular formula is C59H37N7. The highest BCUT2D eigenvalue weighted by Gasteiger charge is 2.17. The van der Waals surface area contributed by atoms with E-state index in [2.05, 4.69) is 84.9 Å². The van der Waals surface area contributed by atoms with Crippen LogP contribution in [-0.4, -0.2) is 29.9 Å². The lowest BCUT2D eigenvalue weighted by Crippen LogP contribution is -2.00. The van der Waals surface area contributed by atoms with Gasteiger partial charge in [0, 0.05) is 33.4 Å². The second-order valence-electron chi connectivity index (χ2n) is 15.9. The Hall–Kier alpha value is -9.25. The molecule has 9 aromatic carbocycles. The smallest absolute Gasteiger partial charge is 0.164 e. The maximum Gasteiger partial charge on any atom is 0.164 e. The van der Waals surface area contributed by atoms with Crippen LogP contribution >= 0.6 is 0 Å². The number of benzene rings is 9. The van der Waals surface area contributed by atoms with Crippen LogP contribution in [0.5, 0.6) is 0 Å². The van der Waals surface area contributed by atoms with Crippen molar-refractivity contribution < 1.29 is 0 Å². The maximum absolute atomic E-state index is 9.60. The molecule has 2 aromatic heterocycles. The van der Waals surface area contributed by atoms with E-state index in [4.69, 9.17) is 29.9 Å². The third-order valence-corrected chi connectivity index (χ3v) is 11.6. The van der Waals surface area contributed by atoms with Gasteiger partial charge >= 0.3 is 0 Å². The molecule has 0 saturated heterocycles. The van der Waals surface area contributed by atoms with E-state index in [9.17, 15) is 5.26 Å². The predicted molar refractivity (Wildman–Crippen MR) is 264 cm³/mol. The Morgan fingerprint density at radius 1 is 0.242 bits per heavy atom. The van der Waals surface area contributed by atoms with Crippen molar-refractivity contribution in [1.29, 1.82) is 5.26 Å². The molecule has 0 amide bonds. The first-order valence-electron chi connectivity index (χ1n) is 21.7. The van der Waals surface area contributed by atoms with Gasteiger partial charge in [0.15, 0.2) is 34.9 Å². The van der Waals surface area contributed by atoms with Crippen molar-refractivity contribution >= 4 is 10.8 Å². The minimum absolute atomic E-state index is 0.594. The molecular weight excluding hydrogens is 807 g/mol. The van der Waals surface area contributed by atoms with Gasteiger partial charge in [-0.15, -0.1) is 0 Å². The molecule has 0 N–H and O–H groups in total. The van der Waals surface area contributed by atoms with Crippen molar-refractivity contribution in [1.82, 2.24) is 29.9 Å². The Kier molecular flexibility index (Phi) is 10.5. The van der Waals surface area contributed by atoms with E-state index < -0.39 is 0 Å². The van der Waals surface area contributed by atoms with Crippen molar-refractivity contribution in [3.8, 4) is 108 Å². The zero-order valence-corrected chi connectivity index (χ0v) is 35.5. The summed E-state index contributed by atoms with van der Waals surface area (Å²) in [7, 11) is 0. The second-order valence-corrected chi connectivity index (χ2v) is 15.9. The van der Waals surface area contributed by atoms with Crippen molar-refractivity contribution in [3.05, 3.63) is 230 Å². The molecule has 0 aliphatic carbocycles. The van der Waals surface area contributed by atoms with E-state index in [1.807, 2.05) is 146 Å². The van der Waals surface area contributed by atoms with Gasteiger partial charge in [-0.2, -0.15) is 5.26 Å². The standard InChI is InChI=1S/C59H37N7/c60-38-39-24-26-40(27-25-39)52-36-49-33-32-48(47-22-13-23-50(34-47)59-65-56(44-18-9-3-10-19-44)62-57(66-59)45-20-11-4-12-21-45)35-51(49)37-53(52)41-28-30-46(31-29-41)58-63-54(42-14-5-1-6-15-42)61-55(64-58)43-16-7-2-8-17-43/h1-37H. The molecule has 0 fully saturated rings. The SMILES string of the molecule is N#Cc1ccc(-c2cc3ccc(-c4cccc(-c5nc(-c6ccccc6)nc(-c6ccccc6)n5)c4)cc3cc2-c2ccc(-c3nc(-c4ccccc4)nc(-c4ccccc4)n3)cc2)cc1. The molecule has 0 atom stereocenters. The Morgan fingerprint density at radius 2 is 0.561 bits per heavy atom. The largest absolute Gasteiger partial charge is 0.208 e. The Morgan fingerprint density at radius 3 is 1.00 bits per heavy atom. The molecule has 7 nitrogen and oxygen atoms in total. The number of aromatic nitrogens is 6.